The Balaban J connectivity index is 1.34. The smallest absolute Gasteiger partial charge is 0.337 e. The number of amides is 1. The zero-order chi connectivity index (χ0) is 23.8. The number of hydrogen-bond donors (Lipinski definition) is 2. The van der Waals surface area contributed by atoms with Gasteiger partial charge in [-0.25, -0.2) is 4.79 Å². The number of carbonyl (C=O) groups is 2. The number of esters is 1. The number of aromatic nitrogens is 4. The van der Waals surface area contributed by atoms with Gasteiger partial charge < -0.3 is 14.6 Å². The Labute approximate surface area is 201 Å². The van der Waals surface area contributed by atoms with Crippen LogP contribution in [-0.2, 0) is 29.0 Å². The van der Waals surface area contributed by atoms with Gasteiger partial charge in [0, 0.05) is 60.2 Å². The molecule has 1 aliphatic heterocycles. The number of carbonyl (C=O) groups excluding carboxylic acids is 2. The summed E-state index contributed by atoms with van der Waals surface area (Å²) in [4.78, 5) is 30.4. The summed E-state index contributed by atoms with van der Waals surface area (Å²) in [7, 11) is 1.37. The van der Waals surface area contributed by atoms with Crippen LogP contribution in [0, 0.1) is 11.7 Å². The Hall–Kier alpha value is -3.72. The number of nitrogens with one attached hydrogen (secondary N) is 2. The van der Waals surface area contributed by atoms with E-state index < -0.39 is 0 Å². The quantitative estimate of drug-likeness (QED) is 0.334. The first-order valence-electron chi connectivity index (χ1n) is 11.2. The second kappa shape index (κ2) is 8.90. The van der Waals surface area contributed by atoms with Crippen molar-refractivity contribution in [1.29, 1.82) is 0 Å². The molecule has 0 spiro atoms. The Bertz CT molecular complexity index is 1460. The van der Waals surface area contributed by atoms with Crippen LogP contribution in [0.25, 0.3) is 22.3 Å². The first-order valence-corrected chi connectivity index (χ1v) is 11.6. The fourth-order valence-corrected chi connectivity index (χ4v) is 4.79. The molecule has 2 N–H and O–H groups in total. The maximum absolute atomic E-state index is 13.2. The van der Waals surface area contributed by atoms with Crippen molar-refractivity contribution in [3.8, 4) is 11.4 Å². The van der Waals surface area contributed by atoms with Crippen LogP contribution in [0.2, 0.25) is 0 Å². The van der Waals surface area contributed by atoms with Crippen LogP contribution in [0.5, 0.6) is 0 Å². The molecule has 0 saturated heterocycles. The van der Waals surface area contributed by atoms with Crippen LogP contribution in [0.4, 0.5) is 0 Å². The Kier molecular flexibility index (Phi) is 5.79. The minimum Gasteiger partial charge on any atom is -0.465 e. The van der Waals surface area contributed by atoms with Gasteiger partial charge in [-0.1, -0.05) is 23.8 Å². The normalized spacial score (nSPS) is 13.2. The summed E-state index contributed by atoms with van der Waals surface area (Å²) in [6.45, 7) is 3.62. The van der Waals surface area contributed by atoms with Crippen molar-refractivity contribution in [2.24, 2.45) is 0 Å². The molecule has 4 aromatic rings. The predicted octanol–water partition coefficient (Wildman–Crippen LogP) is 4.16. The Morgan fingerprint density at radius 2 is 2.06 bits per heavy atom. The molecule has 0 bridgehead atoms. The van der Waals surface area contributed by atoms with Crippen molar-refractivity contribution >= 4 is 35.0 Å². The van der Waals surface area contributed by atoms with Gasteiger partial charge in [-0.05, 0) is 43.4 Å². The highest BCUT2D eigenvalue weighted by molar-refractivity contribution is 7.71. The number of aromatic amines is 2. The Morgan fingerprint density at radius 3 is 2.85 bits per heavy atom. The second-order valence-corrected chi connectivity index (χ2v) is 8.91. The summed E-state index contributed by atoms with van der Waals surface area (Å²) in [5, 5.41) is 8.19. The summed E-state index contributed by atoms with van der Waals surface area (Å²) in [6.07, 6.45) is 1.06. The Morgan fingerprint density at radius 1 is 1.21 bits per heavy atom. The van der Waals surface area contributed by atoms with E-state index in [9.17, 15) is 9.59 Å². The fraction of sp³-hybridized carbons (Fsp3) is 0.280. The summed E-state index contributed by atoms with van der Waals surface area (Å²) in [6, 6.07) is 13.5. The van der Waals surface area contributed by atoms with E-state index in [2.05, 4.69) is 21.2 Å². The maximum atomic E-state index is 13.2. The van der Waals surface area contributed by atoms with E-state index in [0.717, 1.165) is 45.5 Å². The zero-order valence-corrected chi connectivity index (χ0v) is 19.9. The van der Waals surface area contributed by atoms with Gasteiger partial charge in [0.2, 0.25) is 5.91 Å². The lowest BCUT2D eigenvalue weighted by atomic mass is 10.0. The minimum absolute atomic E-state index is 0.0578. The molecule has 9 heteroatoms. The van der Waals surface area contributed by atoms with E-state index in [1.54, 1.807) is 6.07 Å². The minimum atomic E-state index is -0.373. The topological polar surface area (TPSA) is 96.0 Å². The fourth-order valence-electron chi connectivity index (χ4n) is 4.57. The zero-order valence-electron chi connectivity index (χ0n) is 19.1. The van der Waals surface area contributed by atoms with Crippen molar-refractivity contribution in [2.45, 2.75) is 32.9 Å². The molecule has 3 heterocycles. The highest BCUT2D eigenvalue weighted by Gasteiger charge is 2.25. The number of methoxy groups -OCH3 is 1. The summed E-state index contributed by atoms with van der Waals surface area (Å²) in [5.41, 5.74) is 5.72. The molecule has 5 rings (SSSR count). The second-order valence-electron chi connectivity index (χ2n) is 8.52. The molecular formula is C25H25N5O3S. The first-order chi connectivity index (χ1) is 16.4. The van der Waals surface area contributed by atoms with Crippen LogP contribution < -0.4 is 0 Å². The summed E-state index contributed by atoms with van der Waals surface area (Å²) < 4.78 is 7.24. The standard InChI is InChI=1S/C25H25N5O3S/c1-15-4-3-5-16(12-15)23-27-28-25(34)30(23)11-9-22(31)29-10-8-21-19(14-29)18-13-17(24(32)33-2)6-7-20(18)26-21/h3-7,12-13,26H,8-11,14H2,1-2H3,(H,28,34). The van der Waals surface area contributed by atoms with E-state index in [4.69, 9.17) is 17.0 Å². The first kappa shape index (κ1) is 22.1. The molecule has 0 radical (unpaired) electrons. The summed E-state index contributed by atoms with van der Waals surface area (Å²) >= 11 is 5.43. The molecule has 0 fully saturated rings. The van der Waals surface area contributed by atoms with Gasteiger partial charge in [0.05, 0.1) is 12.7 Å². The SMILES string of the molecule is COC(=O)c1ccc2[nH]c3c(c2c1)CN(C(=O)CCn1c(-c2cccc(C)c2)n[nH]c1=S)CC3. The van der Waals surface area contributed by atoms with Crippen LogP contribution in [0.3, 0.4) is 0 Å². The molecule has 0 saturated carbocycles. The maximum Gasteiger partial charge on any atom is 0.337 e. The monoisotopic (exact) mass is 475 g/mol. The molecule has 8 nitrogen and oxygen atoms in total. The molecule has 0 aliphatic carbocycles. The van der Waals surface area contributed by atoms with E-state index >= 15 is 0 Å². The van der Waals surface area contributed by atoms with E-state index in [-0.39, 0.29) is 11.9 Å². The number of benzene rings is 2. The number of hydrogen-bond acceptors (Lipinski definition) is 5. The average molecular weight is 476 g/mol. The van der Waals surface area contributed by atoms with Gasteiger partial charge in [-0.15, -0.1) is 0 Å². The highest BCUT2D eigenvalue weighted by atomic mass is 32.1. The van der Waals surface area contributed by atoms with Crippen LogP contribution in [0.1, 0.15) is 33.6 Å². The van der Waals surface area contributed by atoms with Crippen LogP contribution in [-0.4, -0.2) is 50.2 Å². The van der Waals surface area contributed by atoms with Crippen LogP contribution in [0.15, 0.2) is 42.5 Å². The van der Waals surface area contributed by atoms with Crippen molar-refractivity contribution in [2.75, 3.05) is 13.7 Å². The van der Waals surface area contributed by atoms with Gasteiger partial charge >= 0.3 is 5.97 Å². The molecule has 1 amide bonds. The molecular weight excluding hydrogens is 450 g/mol. The molecule has 0 atom stereocenters. The number of rotatable bonds is 5. The van der Waals surface area contributed by atoms with Gasteiger partial charge in [-0.2, -0.15) is 5.10 Å². The largest absolute Gasteiger partial charge is 0.465 e. The lowest BCUT2D eigenvalue weighted by Gasteiger charge is -2.27. The lowest BCUT2D eigenvalue weighted by Crippen LogP contribution is -2.36. The number of nitrogens with zero attached hydrogens (tertiary/aromatic N) is 3. The third-order valence-corrected chi connectivity index (χ3v) is 6.64. The molecule has 2 aromatic heterocycles. The van der Waals surface area contributed by atoms with Crippen LogP contribution >= 0.6 is 12.2 Å². The van der Waals surface area contributed by atoms with Gasteiger partial charge in [0.1, 0.15) is 0 Å². The molecule has 34 heavy (non-hydrogen) atoms. The van der Waals surface area contributed by atoms with E-state index in [0.29, 0.717) is 36.4 Å². The predicted molar refractivity (Wildman–Crippen MR) is 131 cm³/mol. The lowest BCUT2D eigenvalue weighted by molar-refractivity contribution is -0.132. The molecule has 174 valence electrons. The third-order valence-electron chi connectivity index (χ3n) is 6.33. The third kappa shape index (κ3) is 4.03. The molecule has 1 aliphatic rings. The van der Waals surface area contributed by atoms with E-state index in [1.807, 2.05) is 46.7 Å². The average Bonchev–Trinajstić information content (AvgIpc) is 3.41. The number of fused-ring (bicyclic) bond motifs is 3. The van der Waals surface area contributed by atoms with Crippen molar-refractivity contribution < 1.29 is 14.3 Å². The highest BCUT2D eigenvalue weighted by Crippen LogP contribution is 2.29. The number of aryl methyl sites for hydroxylation is 1. The van der Waals surface area contributed by atoms with E-state index in [1.165, 1.54) is 7.11 Å². The van der Waals surface area contributed by atoms with Gasteiger partial charge in [0.25, 0.3) is 0 Å². The van der Waals surface area contributed by atoms with Crippen molar-refractivity contribution in [3.05, 3.63) is 69.6 Å². The molecule has 2 aromatic carbocycles. The van der Waals surface area contributed by atoms with Gasteiger partial charge in [0.15, 0.2) is 10.6 Å². The number of H-pyrrole nitrogens is 2. The number of ether oxygens (including phenoxy) is 1. The van der Waals surface area contributed by atoms with Crippen molar-refractivity contribution in [3.63, 3.8) is 0 Å². The van der Waals surface area contributed by atoms with Gasteiger partial charge in [-0.3, -0.25) is 14.5 Å². The molecule has 0 unspecified atom stereocenters. The summed E-state index contributed by atoms with van der Waals surface area (Å²) in [5.74, 6) is 0.415. The van der Waals surface area contributed by atoms with Crippen molar-refractivity contribution in [1.82, 2.24) is 24.6 Å².